The van der Waals surface area contributed by atoms with Gasteiger partial charge in [-0.05, 0) is 37.3 Å². The number of aromatic hydroxyl groups is 1. The minimum absolute atomic E-state index is 0.291. The van der Waals surface area contributed by atoms with Crippen LogP contribution in [0.5, 0.6) is 5.75 Å². The fourth-order valence-electron chi connectivity index (χ4n) is 2.33. The van der Waals surface area contributed by atoms with Crippen molar-refractivity contribution >= 4 is 28.2 Å². The summed E-state index contributed by atoms with van der Waals surface area (Å²) in [5.41, 5.74) is 3.70. The molecule has 4 heteroatoms. The van der Waals surface area contributed by atoms with Gasteiger partial charge < -0.3 is 10.4 Å². The molecule has 2 aromatic carbocycles. The Morgan fingerprint density at radius 1 is 1.19 bits per heavy atom. The maximum atomic E-state index is 9.89. The first-order valence-corrected chi connectivity index (χ1v) is 7.08. The third-order valence-electron chi connectivity index (χ3n) is 3.42. The summed E-state index contributed by atoms with van der Waals surface area (Å²) < 4.78 is 0. The lowest BCUT2D eigenvalue weighted by atomic mass is 10.1. The van der Waals surface area contributed by atoms with Gasteiger partial charge in [-0.25, -0.2) is 0 Å². The predicted molar refractivity (Wildman–Crippen MR) is 86.9 cm³/mol. The van der Waals surface area contributed by atoms with Crippen LogP contribution in [0, 0.1) is 6.92 Å². The molecule has 0 aliphatic rings. The molecule has 0 saturated carbocycles. The van der Waals surface area contributed by atoms with Gasteiger partial charge in [-0.2, -0.15) is 0 Å². The lowest BCUT2D eigenvalue weighted by Gasteiger charge is -2.11. The highest BCUT2D eigenvalue weighted by Gasteiger charge is 2.07. The molecular formula is C17H15ClN2O. The first-order valence-electron chi connectivity index (χ1n) is 6.71. The summed E-state index contributed by atoms with van der Waals surface area (Å²) >= 11 is 6.18. The smallest absolute Gasteiger partial charge is 0.120 e. The molecule has 106 valence electrons. The highest BCUT2D eigenvalue weighted by atomic mass is 35.5. The van der Waals surface area contributed by atoms with E-state index in [4.69, 9.17) is 11.6 Å². The number of phenolic OH excluding ortho intramolecular Hbond substituents is 1. The Labute approximate surface area is 128 Å². The van der Waals surface area contributed by atoms with Gasteiger partial charge in [0.05, 0.1) is 16.2 Å². The zero-order valence-electron chi connectivity index (χ0n) is 11.6. The maximum Gasteiger partial charge on any atom is 0.120 e. The minimum Gasteiger partial charge on any atom is -0.508 e. The number of phenols is 1. The van der Waals surface area contributed by atoms with Crippen molar-refractivity contribution in [2.45, 2.75) is 13.5 Å². The van der Waals surface area contributed by atoms with E-state index in [0.717, 1.165) is 27.7 Å². The van der Waals surface area contributed by atoms with E-state index in [0.29, 0.717) is 17.3 Å². The highest BCUT2D eigenvalue weighted by Crippen LogP contribution is 2.29. The van der Waals surface area contributed by atoms with Crippen LogP contribution in [0.15, 0.2) is 48.7 Å². The summed E-state index contributed by atoms with van der Waals surface area (Å²) in [5, 5.41) is 14.8. The first kappa shape index (κ1) is 13.7. The van der Waals surface area contributed by atoms with Crippen LogP contribution >= 0.6 is 11.6 Å². The van der Waals surface area contributed by atoms with Gasteiger partial charge in [-0.15, -0.1) is 0 Å². The molecule has 0 bridgehead atoms. The Kier molecular flexibility index (Phi) is 3.67. The Morgan fingerprint density at radius 2 is 2.05 bits per heavy atom. The number of anilines is 1. The van der Waals surface area contributed by atoms with E-state index in [1.165, 1.54) is 0 Å². The normalized spacial score (nSPS) is 10.8. The quantitative estimate of drug-likeness (QED) is 0.747. The monoisotopic (exact) mass is 298 g/mol. The Hall–Kier alpha value is -2.26. The third-order valence-corrected chi connectivity index (χ3v) is 3.75. The average molecular weight is 299 g/mol. The van der Waals surface area contributed by atoms with Crippen molar-refractivity contribution in [2.24, 2.45) is 0 Å². The lowest BCUT2D eigenvalue weighted by Crippen LogP contribution is -2.01. The number of nitrogens with zero attached hydrogens (tertiary/aromatic N) is 1. The Balaban J connectivity index is 1.92. The summed E-state index contributed by atoms with van der Waals surface area (Å²) in [6, 6.07) is 13.1. The zero-order chi connectivity index (χ0) is 14.8. The van der Waals surface area contributed by atoms with Crippen LogP contribution in [-0.4, -0.2) is 10.1 Å². The zero-order valence-corrected chi connectivity index (χ0v) is 12.4. The number of aromatic nitrogens is 1. The second-order valence-electron chi connectivity index (χ2n) is 4.98. The Morgan fingerprint density at radius 3 is 2.90 bits per heavy atom. The van der Waals surface area contributed by atoms with E-state index >= 15 is 0 Å². The topological polar surface area (TPSA) is 45.1 Å². The van der Waals surface area contributed by atoms with E-state index in [9.17, 15) is 5.11 Å². The van der Waals surface area contributed by atoms with Crippen molar-refractivity contribution in [1.82, 2.24) is 4.98 Å². The number of rotatable bonds is 3. The SMILES string of the molecule is Cc1ccc(O)c(CNc2ccc(Cl)c3cccnc23)c1. The fraction of sp³-hybridized carbons (Fsp3) is 0.118. The van der Waals surface area contributed by atoms with Gasteiger partial charge in [-0.3, -0.25) is 4.98 Å². The second-order valence-corrected chi connectivity index (χ2v) is 5.39. The molecule has 0 unspecified atom stereocenters. The first-order chi connectivity index (χ1) is 10.1. The van der Waals surface area contributed by atoms with E-state index in [2.05, 4.69) is 10.3 Å². The molecule has 3 aromatic rings. The maximum absolute atomic E-state index is 9.89. The van der Waals surface area contributed by atoms with Crippen LogP contribution in [0.3, 0.4) is 0 Å². The number of halogens is 1. The molecule has 0 atom stereocenters. The molecule has 3 nitrogen and oxygen atoms in total. The van der Waals surface area contributed by atoms with Crippen molar-refractivity contribution in [1.29, 1.82) is 0 Å². The number of pyridine rings is 1. The number of benzene rings is 2. The van der Waals surface area contributed by atoms with E-state index < -0.39 is 0 Å². The van der Waals surface area contributed by atoms with E-state index in [1.807, 2.05) is 43.3 Å². The van der Waals surface area contributed by atoms with Crippen LogP contribution in [0.25, 0.3) is 10.9 Å². The number of aryl methyl sites for hydroxylation is 1. The highest BCUT2D eigenvalue weighted by molar-refractivity contribution is 6.35. The van der Waals surface area contributed by atoms with Gasteiger partial charge in [0, 0.05) is 23.7 Å². The van der Waals surface area contributed by atoms with Gasteiger partial charge in [0.1, 0.15) is 5.75 Å². The van der Waals surface area contributed by atoms with E-state index in [-0.39, 0.29) is 0 Å². The number of fused-ring (bicyclic) bond motifs is 1. The van der Waals surface area contributed by atoms with Crippen LogP contribution in [0.2, 0.25) is 5.02 Å². The van der Waals surface area contributed by atoms with Crippen molar-refractivity contribution in [2.75, 3.05) is 5.32 Å². The molecule has 0 aliphatic carbocycles. The van der Waals surface area contributed by atoms with Gasteiger partial charge in [-0.1, -0.05) is 29.3 Å². The van der Waals surface area contributed by atoms with Crippen LogP contribution in [0.1, 0.15) is 11.1 Å². The second kappa shape index (κ2) is 5.62. The molecule has 1 aromatic heterocycles. The molecule has 0 aliphatic heterocycles. The van der Waals surface area contributed by atoms with Gasteiger partial charge in [0.15, 0.2) is 0 Å². The summed E-state index contributed by atoms with van der Waals surface area (Å²) in [4.78, 5) is 4.38. The average Bonchev–Trinajstić information content (AvgIpc) is 2.50. The molecule has 21 heavy (non-hydrogen) atoms. The summed E-state index contributed by atoms with van der Waals surface area (Å²) in [6.07, 6.45) is 1.74. The van der Waals surface area contributed by atoms with Gasteiger partial charge in [0.25, 0.3) is 0 Å². The molecule has 2 N–H and O–H groups in total. The summed E-state index contributed by atoms with van der Waals surface area (Å²) in [7, 11) is 0. The molecule has 0 spiro atoms. The van der Waals surface area contributed by atoms with E-state index in [1.54, 1.807) is 12.3 Å². The molecular weight excluding hydrogens is 284 g/mol. The summed E-state index contributed by atoms with van der Waals surface area (Å²) in [5.74, 6) is 0.291. The number of nitrogens with one attached hydrogen (secondary N) is 1. The van der Waals surface area contributed by atoms with Gasteiger partial charge in [0.2, 0.25) is 0 Å². The Bertz CT molecular complexity index is 802. The molecule has 0 saturated heterocycles. The van der Waals surface area contributed by atoms with Crippen molar-refractivity contribution in [3.8, 4) is 5.75 Å². The number of hydrogen-bond acceptors (Lipinski definition) is 3. The van der Waals surface area contributed by atoms with Gasteiger partial charge >= 0.3 is 0 Å². The largest absolute Gasteiger partial charge is 0.508 e. The fourth-order valence-corrected chi connectivity index (χ4v) is 2.54. The van der Waals surface area contributed by atoms with Crippen molar-refractivity contribution in [3.63, 3.8) is 0 Å². The molecule has 3 rings (SSSR count). The summed E-state index contributed by atoms with van der Waals surface area (Å²) in [6.45, 7) is 2.53. The molecule has 0 radical (unpaired) electrons. The lowest BCUT2D eigenvalue weighted by molar-refractivity contribution is 0.469. The minimum atomic E-state index is 0.291. The molecule has 0 amide bonds. The molecule has 1 heterocycles. The van der Waals surface area contributed by atoms with Crippen LogP contribution in [-0.2, 0) is 6.54 Å². The number of hydrogen-bond donors (Lipinski definition) is 2. The predicted octanol–water partition coefficient (Wildman–Crippen LogP) is 4.51. The molecule has 0 fully saturated rings. The van der Waals surface area contributed by atoms with Crippen LogP contribution < -0.4 is 5.32 Å². The van der Waals surface area contributed by atoms with Crippen molar-refractivity contribution < 1.29 is 5.11 Å². The van der Waals surface area contributed by atoms with Crippen molar-refractivity contribution in [3.05, 3.63) is 64.8 Å². The third kappa shape index (κ3) is 2.78. The standard InChI is InChI=1S/C17H15ClN2O/c1-11-4-7-16(21)12(9-11)10-20-15-6-5-14(18)13-3-2-8-19-17(13)15/h2-9,20-21H,10H2,1H3. The van der Waals surface area contributed by atoms with Crippen LogP contribution in [0.4, 0.5) is 5.69 Å².